The van der Waals surface area contributed by atoms with Crippen LogP contribution in [0.2, 0.25) is 0 Å². The lowest BCUT2D eigenvalue weighted by Crippen LogP contribution is -2.05. The molecule has 0 atom stereocenters. The van der Waals surface area contributed by atoms with Crippen LogP contribution in [0.1, 0.15) is 5.56 Å². The molecule has 1 aromatic heterocycles. The van der Waals surface area contributed by atoms with Crippen molar-refractivity contribution >= 4 is 29.8 Å². The van der Waals surface area contributed by atoms with Crippen molar-refractivity contribution in [1.82, 2.24) is 14.8 Å². The minimum absolute atomic E-state index is 0.374. The van der Waals surface area contributed by atoms with Gasteiger partial charge in [-0.1, -0.05) is 30.0 Å². The molecule has 0 bridgehead atoms. The van der Waals surface area contributed by atoms with Gasteiger partial charge in [-0.15, -0.1) is 16.8 Å². The molecule has 0 radical (unpaired) electrons. The second-order valence-corrected chi connectivity index (χ2v) is 5.92. The molecule has 0 fully saturated rings. The molecule has 0 unspecified atom stereocenters. The Morgan fingerprint density at radius 1 is 1.36 bits per heavy atom. The number of carbonyl (C=O) groups is 1. The Morgan fingerprint density at radius 2 is 2.12 bits per heavy atom. The zero-order valence-electron chi connectivity index (χ0n) is 13.9. The highest BCUT2D eigenvalue weighted by Gasteiger charge is 2.08. The minimum atomic E-state index is -0.387. The Hall–Kier alpha value is -2.74. The van der Waals surface area contributed by atoms with Gasteiger partial charge in [-0.2, -0.15) is 0 Å². The molecule has 7 nitrogen and oxygen atoms in total. The summed E-state index contributed by atoms with van der Waals surface area (Å²) in [6.07, 6.45) is 4.80. The molecule has 0 aliphatic heterocycles. The highest BCUT2D eigenvalue weighted by molar-refractivity contribution is 7.99. The number of nitrogens with two attached hydrogens (primary N) is 1. The SMILES string of the molecule is C=CCn1c(N)nnc1SCCOc1ccc(C=CC(=O)OC)cc1. The lowest BCUT2D eigenvalue weighted by Gasteiger charge is -2.07. The first-order chi connectivity index (χ1) is 12.1. The first-order valence-corrected chi connectivity index (χ1v) is 8.54. The van der Waals surface area contributed by atoms with Gasteiger partial charge in [0.25, 0.3) is 0 Å². The molecule has 0 aliphatic carbocycles. The van der Waals surface area contributed by atoms with E-state index in [9.17, 15) is 4.79 Å². The summed E-state index contributed by atoms with van der Waals surface area (Å²) in [5.41, 5.74) is 6.64. The number of nitrogens with zero attached hydrogens (tertiary/aromatic N) is 3. The minimum Gasteiger partial charge on any atom is -0.493 e. The Kier molecular flexibility index (Phi) is 7.09. The van der Waals surface area contributed by atoms with E-state index in [2.05, 4.69) is 21.5 Å². The molecule has 1 heterocycles. The van der Waals surface area contributed by atoms with Crippen molar-refractivity contribution in [3.63, 3.8) is 0 Å². The zero-order chi connectivity index (χ0) is 18.1. The van der Waals surface area contributed by atoms with Crippen LogP contribution in [0.3, 0.4) is 0 Å². The van der Waals surface area contributed by atoms with Gasteiger partial charge in [-0.25, -0.2) is 4.79 Å². The Morgan fingerprint density at radius 3 is 2.80 bits per heavy atom. The molecule has 0 saturated heterocycles. The van der Waals surface area contributed by atoms with Crippen LogP contribution >= 0.6 is 11.8 Å². The van der Waals surface area contributed by atoms with E-state index < -0.39 is 0 Å². The molecule has 2 N–H and O–H groups in total. The fourth-order valence-corrected chi connectivity index (χ4v) is 2.68. The van der Waals surface area contributed by atoms with E-state index >= 15 is 0 Å². The predicted molar refractivity (Wildman–Crippen MR) is 98.3 cm³/mol. The topological polar surface area (TPSA) is 92.3 Å². The maximum Gasteiger partial charge on any atom is 0.330 e. The first-order valence-electron chi connectivity index (χ1n) is 7.55. The summed E-state index contributed by atoms with van der Waals surface area (Å²) in [6.45, 7) is 4.78. The van der Waals surface area contributed by atoms with Crippen LogP contribution in [-0.4, -0.2) is 40.2 Å². The summed E-state index contributed by atoms with van der Waals surface area (Å²) in [5.74, 6) is 1.45. The Labute approximate surface area is 150 Å². The van der Waals surface area contributed by atoms with Crippen LogP contribution in [0.5, 0.6) is 5.75 Å². The quantitative estimate of drug-likeness (QED) is 0.241. The van der Waals surface area contributed by atoms with E-state index in [0.29, 0.717) is 24.9 Å². The third-order valence-corrected chi connectivity index (χ3v) is 4.06. The number of anilines is 1. The predicted octanol–water partition coefficient (Wildman–Crippen LogP) is 2.40. The van der Waals surface area contributed by atoms with E-state index in [1.165, 1.54) is 24.9 Å². The maximum absolute atomic E-state index is 11.0. The normalized spacial score (nSPS) is 10.8. The maximum atomic E-state index is 11.0. The summed E-state index contributed by atoms with van der Waals surface area (Å²) in [5, 5.41) is 8.63. The third-order valence-electron chi connectivity index (χ3n) is 3.13. The van der Waals surface area contributed by atoms with E-state index in [0.717, 1.165) is 16.5 Å². The molecule has 2 rings (SSSR count). The number of aromatic nitrogens is 3. The van der Waals surface area contributed by atoms with Crippen LogP contribution in [0, 0.1) is 0 Å². The van der Waals surface area contributed by atoms with Gasteiger partial charge >= 0.3 is 5.97 Å². The first kappa shape index (κ1) is 18.6. The molecule has 0 saturated carbocycles. The van der Waals surface area contributed by atoms with Crippen LogP contribution in [0.4, 0.5) is 5.95 Å². The van der Waals surface area contributed by atoms with Crippen molar-refractivity contribution in [3.8, 4) is 5.75 Å². The van der Waals surface area contributed by atoms with Gasteiger partial charge < -0.3 is 15.2 Å². The molecule has 0 aliphatic rings. The highest BCUT2D eigenvalue weighted by Crippen LogP contribution is 2.19. The van der Waals surface area contributed by atoms with Gasteiger partial charge in [0, 0.05) is 18.4 Å². The number of hydrogen-bond donors (Lipinski definition) is 1. The highest BCUT2D eigenvalue weighted by atomic mass is 32.2. The van der Waals surface area contributed by atoms with Crippen LogP contribution < -0.4 is 10.5 Å². The lowest BCUT2D eigenvalue weighted by molar-refractivity contribution is -0.134. The van der Waals surface area contributed by atoms with Crippen molar-refractivity contribution in [2.45, 2.75) is 11.7 Å². The van der Waals surface area contributed by atoms with Crippen molar-refractivity contribution in [3.05, 3.63) is 48.6 Å². The standard InChI is InChI=1S/C17H20N4O3S/c1-3-10-21-16(18)19-20-17(21)25-12-11-24-14-7-4-13(5-8-14)6-9-15(22)23-2/h3-9H,1,10-12H2,2H3,(H2,18,19). The van der Waals surface area contributed by atoms with Crippen molar-refractivity contribution in [2.75, 3.05) is 25.2 Å². The van der Waals surface area contributed by atoms with E-state index in [1.807, 2.05) is 24.3 Å². The number of esters is 1. The summed E-state index contributed by atoms with van der Waals surface area (Å²) < 4.78 is 12.0. The number of thioether (sulfide) groups is 1. The summed E-state index contributed by atoms with van der Waals surface area (Å²) >= 11 is 1.52. The monoisotopic (exact) mass is 360 g/mol. The van der Waals surface area contributed by atoms with Gasteiger partial charge in [0.1, 0.15) is 5.75 Å². The molecule has 132 valence electrons. The number of hydrogen-bond acceptors (Lipinski definition) is 7. The zero-order valence-corrected chi connectivity index (χ0v) is 14.7. The van der Waals surface area contributed by atoms with Crippen LogP contribution in [-0.2, 0) is 16.1 Å². The molecule has 1 aromatic carbocycles. The number of ether oxygens (including phenoxy) is 2. The fourth-order valence-electron chi connectivity index (χ4n) is 1.91. The second-order valence-electron chi connectivity index (χ2n) is 4.86. The summed E-state index contributed by atoms with van der Waals surface area (Å²) in [7, 11) is 1.34. The number of allylic oxidation sites excluding steroid dienone is 1. The average molecular weight is 360 g/mol. The Balaban J connectivity index is 1.79. The van der Waals surface area contributed by atoms with Crippen LogP contribution in [0.25, 0.3) is 6.08 Å². The lowest BCUT2D eigenvalue weighted by atomic mass is 10.2. The van der Waals surface area contributed by atoms with Gasteiger partial charge in [0.15, 0.2) is 5.16 Å². The average Bonchev–Trinajstić information content (AvgIpc) is 2.98. The van der Waals surface area contributed by atoms with E-state index in [1.54, 1.807) is 16.7 Å². The second kappa shape index (κ2) is 9.53. The van der Waals surface area contributed by atoms with Crippen LogP contribution in [0.15, 0.2) is 48.2 Å². The van der Waals surface area contributed by atoms with Gasteiger partial charge in [0.05, 0.1) is 13.7 Å². The van der Waals surface area contributed by atoms with Gasteiger partial charge in [-0.05, 0) is 23.8 Å². The number of benzene rings is 1. The molecular weight excluding hydrogens is 340 g/mol. The van der Waals surface area contributed by atoms with E-state index in [-0.39, 0.29) is 5.97 Å². The molecule has 25 heavy (non-hydrogen) atoms. The molecular formula is C17H20N4O3S. The van der Waals surface area contributed by atoms with E-state index in [4.69, 9.17) is 10.5 Å². The number of nitrogen functional groups attached to an aromatic ring is 1. The van der Waals surface area contributed by atoms with Gasteiger partial charge in [0.2, 0.25) is 5.95 Å². The van der Waals surface area contributed by atoms with Crippen molar-refractivity contribution in [1.29, 1.82) is 0 Å². The fraction of sp³-hybridized carbons (Fsp3) is 0.235. The molecule has 2 aromatic rings. The number of methoxy groups -OCH3 is 1. The molecule has 0 spiro atoms. The number of carbonyl (C=O) groups excluding carboxylic acids is 1. The summed E-state index contributed by atoms with van der Waals surface area (Å²) in [6, 6.07) is 7.42. The largest absolute Gasteiger partial charge is 0.493 e. The van der Waals surface area contributed by atoms with Crippen molar-refractivity contribution in [2.24, 2.45) is 0 Å². The smallest absolute Gasteiger partial charge is 0.330 e. The summed E-state index contributed by atoms with van der Waals surface area (Å²) in [4.78, 5) is 11.0. The molecule has 8 heteroatoms. The number of rotatable bonds is 9. The Bertz CT molecular complexity index is 741. The third kappa shape index (κ3) is 5.68. The van der Waals surface area contributed by atoms with Crippen molar-refractivity contribution < 1.29 is 14.3 Å². The molecule has 0 amide bonds. The van der Waals surface area contributed by atoms with Gasteiger partial charge in [-0.3, -0.25) is 4.57 Å².